The van der Waals surface area contributed by atoms with Crippen LogP contribution < -0.4 is 9.46 Å². The van der Waals surface area contributed by atoms with E-state index < -0.39 is 22.2 Å². The lowest BCUT2D eigenvalue weighted by molar-refractivity contribution is 0.0764. The third-order valence-electron chi connectivity index (χ3n) is 3.13. The Hall–Kier alpha value is -1.71. The summed E-state index contributed by atoms with van der Waals surface area (Å²) in [4.78, 5) is 17.6. The van der Waals surface area contributed by atoms with Crippen molar-refractivity contribution in [1.29, 1.82) is 0 Å². The first kappa shape index (κ1) is 15.7. The molecule has 0 aliphatic carbocycles. The summed E-state index contributed by atoms with van der Waals surface area (Å²) in [5.41, 5.74) is 0.350. The predicted molar refractivity (Wildman–Crippen MR) is 74.5 cm³/mol. The minimum atomic E-state index is -3.44. The van der Waals surface area contributed by atoms with Crippen molar-refractivity contribution in [3.8, 4) is 5.88 Å². The number of hydrogen-bond donors (Lipinski definition) is 2. The van der Waals surface area contributed by atoms with Gasteiger partial charge in [-0.2, -0.15) is 0 Å². The Bertz CT molecular complexity index is 616. The Morgan fingerprint density at radius 3 is 2.71 bits per heavy atom. The molecule has 0 radical (unpaired) electrons. The van der Waals surface area contributed by atoms with E-state index in [1.807, 2.05) is 0 Å². The van der Waals surface area contributed by atoms with E-state index in [-0.39, 0.29) is 19.0 Å². The summed E-state index contributed by atoms with van der Waals surface area (Å²) in [7, 11) is -1.97. The number of amides is 1. The number of nitrogens with zero attached hydrogens (tertiary/aromatic N) is 2. The standard InChI is InChI=1S/C12H17N3O5S/c1-20-11-4-3-8(5-13-11)12(17)15-6-9(10(16)7-15)14-21(2,18)19/h3-5,9-10,14,16H,6-7H2,1-2H3/t9-,10-/m1/s1. The van der Waals surface area contributed by atoms with E-state index in [2.05, 4.69) is 9.71 Å². The molecular weight excluding hydrogens is 298 g/mol. The third kappa shape index (κ3) is 3.90. The van der Waals surface area contributed by atoms with E-state index in [4.69, 9.17) is 4.74 Å². The highest BCUT2D eigenvalue weighted by molar-refractivity contribution is 7.88. The van der Waals surface area contributed by atoms with Crippen LogP contribution >= 0.6 is 0 Å². The molecule has 1 saturated heterocycles. The molecular formula is C12H17N3O5S. The number of nitrogens with one attached hydrogen (secondary N) is 1. The Kier molecular flexibility index (Phi) is 4.45. The number of carbonyl (C=O) groups excluding carboxylic acids is 1. The second-order valence-corrected chi connectivity index (χ2v) is 6.64. The molecule has 0 aromatic carbocycles. The molecule has 1 fully saturated rings. The summed E-state index contributed by atoms with van der Waals surface area (Å²) in [6.45, 7) is 0.178. The lowest BCUT2D eigenvalue weighted by Crippen LogP contribution is -2.42. The molecule has 116 valence electrons. The first-order valence-corrected chi connectivity index (χ1v) is 8.14. The van der Waals surface area contributed by atoms with Gasteiger partial charge in [-0.25, -0.2) is 18.1 Å². The fraction of sp³-hybridized carbons (Fsp3) is 0.500. The van der Waals surface area contributed by atoms with Gasteiger partial charge in [0.2, 0.25) is 15.9 Å². The molecule has 0 spiro atoms. The molecule has 1 aromatic heterocycles. The first-order valence-electron chi connectivity index (χ1n) is 6.25. The van der Waals surface area contributed by atoms with Crippen molar-refractivity contribution in [2.75, 3.05) is 26.5 Å². The normalized spacial score (nSPS) is 22.3. The summed E-state index contributed by atoms with van der Waals surface area (Å²) in [5, 5.41) is 9.84. The maximum atomic E-state index is 12.3. The average molecular weight is 315 g/mol. The molecule has 1 aromatic rings. The summed E-state index contributed by atoms with van der Waals surface area (Å²) in [6.07, 6.45) is 1.46. The highest BCUT2D eigenvalue weighted by Gasteiger charge is 2.35. The van der Waals surface area contributed by atoms with Crippen LogP contribution in [0.25, 0.3) is 0 Å². The quantitative estimate of drug-likeness (QED) is 0.724. The summed E-state index contributed by atoms with van der Waals surface area (Å²) in [6, 6.07) is 2.43. The Labute approximate surface area is 122 Å². The van der Waals surface area contributed by atoms with Crippen LogP contribution in [-0.2, 0) is 10.0 Å². The minimum Gasteiger partial charge on any atom is -0.481 e. The fourth-order valence-corrected chi connectivity index (χ4v) is 2.93. The molecule has 1 aliphatic rings. The van der Waals surface area contributed by atoms with Crippen molar-refractivity contribution >= 4 is 15.9 Å². The molecule has 21 heavy (non-hydrogen) atoms. The zero-order chi connectivity index (χ0) is 15.6. The number of likely N-dealkylation sites (tertiary alicyclic amines) is 1. The average Bonchev–Trinajstić information content (AvgIpc) is 2.77. The monoisotopic (exact) mass is 315 g/mol. The summed E-state index contributed by atoms with van der Waals surface area (Å²) in [5.74, 6) is 0.0756. The zero-order valence-corrected chi connectivity index (χ0v) is 12.5. The number of aliphatic hydroxyl groups excluding tert-OH is 1. The van der Waals surface area contributed by atoms with Crippen LogP contribution in [0.5, 0.6) is 5.88 Å². The number of pyridine rings is 1. The third-order valence-corrected chi connectivity index (χ3v) is 3.86. The minimum absolute atomic E-state index is 0.0675. The highest BCUT2D eigenvalue weighted by Crippen LogP contribution is 2.16. The van der Waals surface area contributed by atoms with Gasteiger partial charge < -0.3 is 14.7 Å². The fourth-order valence-electron chi connectivity index (χ4n) is 2.15. The second-order valence-electron chi connectivity index (χ2n) is 4.86. The molecule has 2 atom stereocenters. The molecule has 0 unspecified atom stereocenters. The lowest BCUT2D eigenvalue weighted by Gasteiger charge is -2.16. The van der Waals surface area contributed by atoms with Crippen LogP contribution in [0, 0.1) is 0 Å². The second kappa shape index (κ2) is 5.96. The molecule has 0 bridgehead atoms. The van der Waals surface area contributed by atoms with E-state index in [0.717, 1.165) is 6.26 Å². The number of methoxy groups -OCH3 is 1. The maximum absolute atomic E-state index is 12.3. The van der Waals surface area contributed by atoms with Crippen molar-refractivity contribution in [2.24, 2.45) is 0 Å². The Morgan fingerprint density at radius 1 is 1.48 bits per heavy atom. The number of β-amino-alcohol motifs (C(OH)–C–C–N with tert-alkyl or cyclic N) is 1. The van der Waals surface area contributed by atoms with Gasteiger partial charge in [-0.05, 0) is 6.07 Å². The molecule has 2 N–H and O–H groups in total. The van der Waals surface area contributed by atoms with Crippen molar-refractivity contribution in [3.05, 3.63) is 23.9 Å². The largest absolute Gasteiger partial charge is 0.481 e. The van der Waals surface area contributed by atoms with Crippen molar-refractivity contribution < 1.29 is 23.1 Å². The van der Waals surface area contributed by atoms with Crippen LogP contribution in [-0.4, -0.2) is 67.9 Å². The smallest absolute Gasteiger partial charge is 0.255 e. The van der Waals surface area contributed by atoms with Crippen LogP contribution in [0.3, 0.4) is 0 Å². The molecule has 2 rings (SSSR count). The molecule has 1 aliphatic heterocycles. The summed E-state index contributed by atoms with van der Waals surface area (Å²) >= 11 is 0. The van der Waals surface area contributed by atoms with Crippen molar-refractivity contribution in [3.63, 3.8) is 0 Å². The number of sulfonamides is 1. The van der Waals surface area contributed by atoms with Gasteiger partial charge in [0.15, 0.2) is 0 Å². The van der Waals surface area contributed by atoms with Gasteiger partial charge in [-0.3, -0.25) is 4.79 Å². The molecule has 8 nitrogen and oxygen atoms in total. The van der Waals surface area contributed by atoms with E-state index in [1.165, 1.54) is 18.2 Å². The number of carbonyl (C=O) groups is 1. The number of ether oxygens (including phenoxy) is 1. The number of hydrogen-bond acceptors (Lipinski definition) is 6. The SMILES string of the molecule is COc1ccc(C(=O)N2C[C@@H](O)[C@H](NS(C)(=O)=O)C2)cn1. The topological polar surface area (TPSA) is 109 Å². The lowest BCUT2D eigenvalue weighted by atomic mass is 10.2. The highest BCUT2D eigenvalue weighted by atomic mass is 32.2. The number of aromatic nitrogens is 1. The van der Waals surface area contributed by atoms with E-state index in [9.17, 15) is 18.3 Å². The van der Waals surface area contributed by atoms with Crippen LogP contribution in [0.1, 0.15) is 10.4 Å². The van der Waals surface area contributed by atoms with Gasteiger partial charge in [0.1, 0.15) is 0 Å². The van der Waals surface area contributed by atoms with Crippen LogP contribution in [0.2, 0.25) is 0 Å². The summed E-state index contributed by atoms with van der Waals surface area (Å²) < 4.78 is 29.6. The Balaban J connectivity index is 2.07. The van der Waals surface area contributed by atoms with Gasteiger partial charge in [-0.1, -0.05) is 0 Å². The van der Waals surface area contributed by atoms with E-state index in [1.54, 1.807) is 12.1 Å². The van der Waals surface area contributed by atoms with E-state index >= 15 is 0 Å². The van der Waals surface area contributed by atoms with Gasteiger partial charge in [-0.15, -0.1) is 0 Å². The van der Waals surface area contributed by atoms with Crippen LogP contribution in [0.4, 0.5) is 0 Å². The Morgan fingerprint density at radius 2 is 2.19 bits per heavy atom. The molecule has 1 amide bonds. The van der Waals surface area contributed by atoms with Gasteiger partial charge >= 0.3 is 0 Å². The van der Waals surface area contributed by atoms with Crippen molar-refractivity contribution in [1.82, 2.24) is 14.6 Å². The van der Waals surface area contributed by atoms with Crippen molar-refractivity contribution in [2.45, 2.75) is 12.1 Å². The number of aliphatic hydroxyl groups is 1. The predicted octanol–water partition coefficient (Wildman–Crippen LogP) is -1.18. The van der Waals surface area contributed by atoms with Crippen LogP contribution in [0.15, 0.2) is 18.3 Å². The van der Waals surface area contributed by atoms with Gasteiger partial charge in [0.05, 0.1) is 31.1 Å². The van der Waals surface area contributed by atoms with Gasteiger partial charge in [0, 0.05) is 25.4 Å². The van der Waals surface area contributed by atoms with E-state index in [0.29, 0.717) is 11.4 Å². The molecule has 2 heterocycles. The zero-order valence-electron chi connectivity index (χ0n) is 11.7. The maximum Gasteiger partial charge on any atom is 0.255 e. The molecule has 0 saturated carbocycles. The molecule has 9 heteroatoms. The van der Waals surface area contributed by atoms with Gasteiger partial charge in [0.25, 0.3) is 5.91 Å². The number of rotatable bonds is 4. The first-order chi connectivity index (χ1) is 9.80.